The van der Waals surface area contributed by atoms with Gasteiger partial charge in [0.15, 0.2) is 5.11 Å². The molecule has 31 heavy (non-hydrogen) atoms. The maximum atomic E-state index is 12.3. The van der Waals surface area contributed by atoms with Crippen molar-refractivity contribution in [3.63, 3.8) is 0 Å². The molecule has 1 amide bonds. The number of methoxy groups -OCH3 is 1. The monoisotopic (exact) mass is 491 g/mol. The summed E-state index contributed by atoms with van der Waals surface area (Å²) in [6.45, 7) is 0. The van der Waals surface area contributed by atoms with Crippen LogP contribution >= 0.6 is 47.2 Å². The number of para-hydroxylation sites is 2. The summed E-state index contributed by atoms with van der Waals surface area (Å²) in [5.41, 5.74) is 2.10. The van der Waals surface area contributed by atoms with E-state index in [1.807, 2.05) is 48.5 Å². The predicted molar refractivity (Wildman–Crippen MR) is 135 cm³/mol. The van der Waals surface area contributed by atoms with Gasteiger partial charge in [0.05, 0.1) is 29.3 Å². The second-order valence-electron chi connectivity index (χ2n) is 6.27. The number of halogens is 2. The Hall–Kier alpha value is -2.45. The first kappa shape index (κ1) is 23.2. The number of ether oxygens (including phenoxy) is 1. The SMILES string of the molecule is COc1ccccc1NC(=S)Nc1cccc(SCC(=O)Nc2ccc(Cl)cc2Cl)c1. The Bertz CT molecular complexity index is 1100. The van der Waals surface area contributed by atoms with Gasteiger partial charge in [0.25, 0.3) is 0 Å². The summed E-state index contributed by atoms with van der Waals surface area (Å²) < 4.78 is 5.32. The Morgan fingerprint density at radius 1 is 0.968 bits per heavy atom. The lowest BCUT2D eigenvalue weighted by atomic mass is 10.3. The Morgan fingerprint density at radius 2 is 1.77 bits per heavy atom. The molecule has 0 radical (unpaired) electrons. The third kappa shape index (κ3) is 7.04. The summed E-state index contributed by atoms with van der Waals surface area (Å²) in [5, 5.41) is 10.4. The highest BCUT2D eigenvalue weighted by atomic mass is 35.5. The average molecular weight is 492 g/mol. The number of thioether (sulfide) groups is 1. The van der Waals surface area contributed by atoms with E-state index < -0.39 is 0 Å². The summed E-state index contributed by atoms with van der Waals surface area (Å²) in [7, 11) is 1.61. The van der Waals surface area contributed by atoms with E-state index in [2.05, 4.69) is 16.0 Å². The zero-order valence-corrected chi connectivity index (χ0v) is 19.6. The van der Waals surface area contributed by atoms with Crippen molar-refractivity contribution >= 4 is 75.3 Å². The molecule has 9 heteroatoms. The van der Waals surface area contributed by atoms with Crippen LogP contribution in [0.4, 0.5) is 17.1 Å². The first-order chi connectivity index (χ1) is 14.9. The van der Waals surface area contributed by atoms with Crippen molar-refractivity contribution in [3.8, 4) is 5.75 Å². The number of carbonyl (C=O) groups is 1. The number of nitrogens with one attached hydrogen (secondary N) is 3. The van der Waals surface area contributed by atoms with Crippen LogP contribution < -0.4 is 20.7 Å². The molecule has 0 fully saturated rings. The fourth-order valence-corrected chi connectivity index (χ4v) is 4.06. The number of hydrogen-bond donors (Lipinski definition) is 3. The van der Waals surface area contributed by atoms with Gasteiger partial charge in [0.1, 0.15) is 5.75 Å². The normalized spacial score (nSPS) is 10.3. The molecule has 0 aromatic heterocycles. The van der Waals surface area contributed by atoms with Gasteiger partial charge in [-0.25, -0.2) is 0 Å². The zero-order chi connectivity index (χ0) is 22.2. The third-order valence-corrected chi connectivity index (χ3v) is 5.77. The third-order valence-electron chi connectivity index (χ3n) is 4.02. The summed E-state index contributed by atoms with van der Waals surface area (Å²) in [6, 6.07) is 20.1. The first-order valence-corrected chi connectivity index (χ1v) is 11.3. The van der Waals surface area contributed by atoms with Crippen LogP contribution in [-0.4, -0.2) is 23.9 Å². The molecular formula is C22H19Cl2N3O2S2. The van der Waals surface area contributed by atoms with Crippen LogP contribution in [-0.2, 0) is 4.79 Å². The van der Waals surface area contributed by atoms with Crippen LogP contribution in [0.1, 0.15) is 0 Å². The van der Waals surface area contributed by atoms with Gasteiger partial charge in [-0.3, -0.25) is 4.79 Å². The van der Waals surface area contributed by atoms with E-state index in [1.54, 1.807) is 25.3 Å². The quantitative estimate of drug-likeness (QED) is 0.257. The van der Waals surface area contributed by atoms with E-state index in [-0.39, 0.29) is 11.7 Å². The standard InChI is InChI=1S/C22H19Cl2N3O2S2/c1-29-20-8-3-2-7-19(20)27-22(30)25-15-5-4-6-16(12-15)31-13-21(28)26-18-10-9-14(23)11-17(18)24/h2-12H,13H2,1H3,(H,26,28)(H2,25,27,30). The van der Waals surface area contributed by atoms with Gasteiger partial charge in [0.2, 0.25) is 5.91 Å². The van der Waals surface area contributed by atoms with Crippen molar-refractivity contribution in [2.24, 2.45) is 0 Å². The van der Waals surface area contributed by atoms with Crippen molar-refractivity contribution in [3.05, 3.63) is 76.8 Å². The predicted octanol–water partition coefficient (Wildman–Crippen LogP) is 6.54. The minimum atomic E-state index is -0.166. The molecule has 0 bridgehead atoms. The Balaban J connectivity index is 1.55. The topological polar surface area (TPSA) is 62.4 Å². The zero-order valence-electron chi connectivity index (χ0n) is 16.4. The number of benzene rings is 3. The lowest BCUT2D eigenvalue weighted by Gasteiger charge is -2.14. The van der Waals surface area contributed by atoms with Crippen LogP contribution in [0.25, 0.3) is 0 Å². The van der Waals surface area contributed by atoms with Gasteiger partial charge in [-0.1, -0.05) is 41.4 Å². The molecule has 5 nitrogen and oxygen atoms in total. The van der Waals surface area contributed by atoms with Gasteiger partial charge >= 0.3 is 0 Å². The van der Waals surface area contributed by atoms with Gasteiger partial charge in [-0.2, -0.15) is 0 Å². The maximum absolute atomic E-state index is 12.3. The van der Waals surface area contributed by atoms with Crippen LogP contribution in [0.2, 0.25) is 10.0 Å². The maximum Gasteiger partial charge on any atom is 0.234 e. The highest BCUT2D eigenvalue weighted by molar-refractivity contribution is 8.00. The fraction of sp³-hybridized carbons (Fsp3) is 0.0909. The highest BCUT2D eigenvalue weighted by Gasteiger charge is 2.09. The minimum Gasteiger partial charge on any atom is -0.495 e. The van der Waals surface area contributed by atoms with Crippen molar-refractivity contribution < 1.29 is 9.53 Å². The number of amides is 1. The van der Waals surface area contributed by atoms with Crippen LogP contribution in [0.5, 0.6) is 5.75 Å². The molecule has 0 saturated heterocycles. The average Bonchev–Trinajstić information content (AvgIpc) is 2.75. The summed E-state index contributed by atoms with van der Waals surface area (Å²) in [4.78, 5) is 13.2. The van der Waals surface area contributed by atoms with E-state index in [0.29, 0.717) is 26.6 Å². The van der Waals surface area contributed by atoms with Gasteiger partial charge in [-0.15, -0.1) is 11.8 Å². The van der Waals surface area contributed by atoms with E-state index in [0.717, 1.165) is 16.3 Å². The Labute approximate surface area is 200 Å². The summed E-state index contributed by atoms with van der Waals surface area (Å²) >= 11 is 18.8. The van der Waals surface area contributed by atoms with Crippen molar-refractivity contribution in [1.29, 1.82) is 0 Å². The molecular weight excluding hydrogens is 473 g/mol. The largest absolute Gasteiger partial charge is 0.495 e. The second-order valence-corrected chi connectivity index (χ2v) is 8.57. The number of rotatable bonds is 7. The number of hydrogen-bond acceptors (Lipinski definition) is 4. The molecule has 0 unspecified atom stereocenters. The minimum absolute atomic E-state index is 0.166. The highest BCUT2D eigenvalue weighted by Crippen LogP contribution is 2.27. The van der Waals surface area contributed by atoms with E-state index in [9.17, 15) is 4.79 Å². The first-order valence-electron chi connectivity index (χ1n) is 9.13. The van der Waals surface area contributed by atoms with E-state index >= 15 is 0 Å². The number of anilines is 3. The summed E-state index contributed by atoms with van der Waals surface area (Å²) in [5.74, 6) is 0.760. The lowest BCUT2D eigenvalue weighted by Crippen LogP contribution is -2.19. The van der Waals surface area contributed by atoms with Crippen LogP contribution in [0.3, 0.4) is 0 Å². The number of carbonyl (C=O) groups excluding carboxylic acids is 1. The van der Waals surface area contributed by atoms with Crippen molar-refractivity contribution in [2.75, 3.05) is 28.8 Å². The second kappa shape index (κ2) is 11.2. The molecule has 0 saturated carbocycles. The van der Waals surface area contributed by atoms with Gasteiger partial charge in [-0.05, 0) is 60.7 Å². The fourth-order valence-electron chi connectivity index (χ4n) is 2.62. The molecule has 3 aromatic carbocycles. The Morgan fingerprint density at radius 3 is 2.55 bits per heavy atom. The van der Waals surface area contributed by atoms with Crippen LogP contribution in [0.15, 0.2) is 71.6 Å². The molecule has 0 heterocycles. The molecule has 0 aliphatic heterocycles. The van der Waals surface area contributed by atoms with Crippen molar-refractivity contribution in [2.45, 2.75) is 4.90 Å². The Kier molecular flexibility index (Phi) is 8.43. The molecule has 0 atom stereocenters. The smallest absolute Gasteiger partial charge is 0.234 e. The molecule has 160 valence electrons. The lowest BCUT2D eigenvalue weighted by molar-refractivity contribution is -0.113. The van der Waals surface area contributed by atoms with Crippen LogP contribution in [0, 0.1) is 0 Å². The molecule has 0 spiro atoms. The van der Waals surface area contributed by atoms with E-state index in [1.165, 1.54) is 11.8 Å². The summed E-state index contributed by atoms with van der Waals surface area (Å²) in [6.07, 6.45) is 0. The van der Waals surface area contributed by atoms with Gasteiger partial charge < -0.3 is 20.7 Å². The molecule has 3 N–H and O–H groups in total. The molecule has 3 aromatic rings. The molecule has 3 rings (SSSR count). The van der Waals surface area contributed by atoms with Gasteiger partial charge in [0, 0.05) is 15.6 Å². The number of thiocarbonyl (C=S) groups is 1. The van der Waals surface area contributed by atoms with Crippen molar-refractivity contribution in [1.82, 2.24) is 0 Å². The van der Waals surface area contributed by atoms with E-state index in [4.69, 9.17) is 40.2 Å². The molecule has 0 aliphatic carbocycles. The molecule has 0 aliphatic rings.